The molecular formula is C17H17F5N2O3S. The zero-order chi connectivity index (χ0) is 21.3. The van der Waals surface area contributed by atoms with Gasteiger partial charge in [0.25, 0.3) is 5.91 Å². The van der Waals surface area contributed by atoms with Gasteiger partial charge < -0.3 is 10.1 Å². The van der Waals surface area contributed by atoms with E-state index < -0.39 is 40.9 Å². The second kappa shape index (κ2) is 7.98. The number of hydrogen-bond acceptors (Lipinski definition) is 4. The molecule has 0 aliphatic carbocycles. The minimum absolute atomic E-state index is 0.0268. The summed E-state index contributed by atoms with van der Waals surface area (Å²) in [7, 11) is 0. The summed E-state index contributed by atoms with van der Waals surface area (Å²) in [5, 5.41) is 2.29. The molecule has 0 bridgehead atoms. The first-order valence-corrected chi connectivity index (χ1v) is 8.92. The van der Waals surface area contributed by atoms with Gasteiger partial charge in [-0.25, -0.2) is 8.78 Å². The molecule has 1 heterocycles. The van der Waals surface area contributed by atoms with Crippen molar-refractivity contribution in [2.24, 2.45) is 0 Å². The number of ether oxygens (including phenoxy) is 1. The molecule has 1 aromatic carbocycles. The third kappa shape index (κ3) is 5.15. The summed E-state index contributed by atoms with van der Waals surface area (Å²) in [5.74, 6) is -4.68. The molecule has 1 aliphatic heterocycles. The molecule has 0 atom stereocenters. The summed E-state index contributed by atoms with van der Waals surface area (Å²) < 4.78 is 69.3. The van der Waals surface area contributed by atoms with Crippen LogP contribution in [-0.4, -0.2) is 40.9 Å². The van der Waals surface area contributed by atoms with Gasteiger partial charge in [-0.3, -0.25) is 14.5 Å². The van der Waals surface area contributed by atoms with E-state index in [1.54, 1.807) is 0 Å². The van der Waals surface area contributed by atoms with Crippen molar-refractivity contribution in [3.05, 3.63) is 40.5 Å². The van der Waals surface area contributed by atoms with Crippen molar-refractivity contribution < 1.29 is 36.3 Å². The maximum atomic E-state index is 13.3. The Morgan fingerprint density at radius 2 is 1.79 bits per heavy atom. The Kier molecular flexibility index (Phi) is 6.27. The third-order valence-electron chi connectivity index (χ3n) is 3.90. The van der Waals surface area contributed by atoms with Crippen LogP contribution in [0.25, 0.3) is 0 Å². The highest BCUT2D eigenvalue weighted by Crippen LogP contribution is 2.34. The lowest BCUT2D eigenvalue weighted by molar-refractivity contribution is -0.148. The van der Waals surface area contributed by atoms with Crippen LogP contribution in [-0.2, 0) is 14.3 Å². The third-order valence-corrected chi connectivity index (χ3v) is 5.12. The summed E-state index contributed by atoms with van der Waals surface area (Å²) in [6, 6.07) is 2.40. The lowest BCUT2D eigenvalue weighted by Crippen LogP contribution is -2.57. The SMILES string of the molecule is CC1=C(SCC(F)(F)F)C(=O)N(C(C)(C)C(=O)Nc2cc(F)cc(F)c2)CO1. The van der Waals surface area contributed by atoms with E-state index in [4.69, 9.17) is 4.74 Å². The number of amides is 2. The predicted molar refractivity (Wildman–Crippen MR) is 93.1 cm³/mol. The van der Waals surface area contributed by atoms with Gasteiger partial charge in [-0.15, -0.1) is 11.8 Å². The molecule has 0 fully saturated rings. The summed E-state index contributed by atoms with van der Waals surface area (Å²) in [6.07, 6.45) is -4.49. The van der Waals surface area contributed by atoms with E-state index >= 15 is 0 Å². The van der Waals surface area contributed by atoms with Crippen LogP contribution in [0, 0.1) is 11.6 Å². The molecular weight excluding hydrogens is 407 g/mol. The quantitative estimate of drug-likeness (QED) is 0.726. The van der Waals surface area contributed by atoms with Crippen molar-refractivity contribution in [3.63, 3.8) is 0 Å². The van der Waals surface area contributed by atoms with Crippen LogP contribution in [0.15, 0.2) is 28.9 Å². The number of thioether (sulfide) groups is 1. The number of carbonyl (C=O) groups excluding carboxylic acids is 2. The van der Waals surface area contributed by atoms with E-state index in [0.29, 0.717) is 6.07 Å². The van der Waals surface area contributed by atoms with Crippen LogP contribution in [0.1, 0.15) is 20.8 Å². The van der Waals surface area contributed by atoms with E-state index in [-0.39, 0.29) is 34.8 Å². The van der Waals surface area contributed by atoms with Crippen molar-refractivity contribution in [1.29, 1.82) is 0 Å². The fourth-order valence-electron chi connectivity index (χ4n) is 2.32. The molecule has 0 radical (unpaired) electrons. The van der Waals surface area contributed by atoms with E-state index in [0.717, 1.165) is 17.0 Å². The Bertz CT molecular complexity index is 803. The number of rotatable bonds is 5. The molecule has 1 N–H and O–H groups in total. The average Bonchev–Trinajstić information content (AvgIpc) is 2.52. The normalized spacial score (nSPS) is 15.6. The lowest BCUT2D eigenvalue weighted by Gasteiger charge is -2.39. The minimum Gasteiger partial charge on any atom is -0.476 e. The molecule has 0 unspecified atom stereocenters. The average molecular weight is 424 g/mol. The summed E-state index contributed by atoms with van der Waals surface area (Å²) in [6.45, 7) is 3.67. The van der Waals surface area contributed by atoms with Crippen molar-refractivity contribution in [2.45, 2.75) is 32.5 Å². The highest BCUT2D eigenvalue weighted by atomic mass is 32.2. The van der Waals surface area contributed by atoms with Crippen molar-refractivity contribution in [3.8, 4) is 0 Å². The molecule has 1 aliphatic rings. The van der Waals surface area contributed by atoms with E-state index in [2.05, 4.69) is 5.32 Å². The Hall–Kier alpha value is -2.30. The molecule has 154 valence electrons. The predicted octanol–water partition coefficient (Wildman–Crippen LogP) is 4.03. The Morgan fingerprint density at radius 1 is 1.21 bits per heavy atom. The number of benzene rings is 1. The van der Waals surface area contributed by atoms with Gasteiger partial charge in [-0.1, -0.05) is 0 Å². The first kappa shape index (κ1) is 22.0. The number of allylic oxidation sites excluding steroid dienone is 1. The second-order valence-corrected chi connectivity index (χ2v) is 7.45. The molecule has 2 amide bonds. The molecule has 0 spiro atoms. The molecule has 0 saturated heterocycles. The molecule has 28 heavy (non-hydrogen) atoms. The highest BCUT2D eigenvalue weighted by Gasteiger charge is 2.43. The zero-order valence-electron chi connectivity index (χ0n) is 15.1. The zero-order valence-corrected chi connectivity index (χ0v) is 15.9. The van der Waals surface area contributed by atoms with Gasteiger partial charge in [0.05, 0.1) is 5.75 Å². The molecule has 1 aromatic rings. The largest absolute Gasteiger partial charge is 0.476 e. The highest BCUT2D eigenvalue weighted by molar-refractivity contribution is 8.04. The number of nitrogens with zero attached hydrogens (tertiary/aromatic N) is 1. The number of anilines is 1. The van der Waals surface area contributed by atoms with Gasteiger partial charge in [0, 0.05) is 11.8 Å². The number of nitrogens with one attached hydrogen (secondary N) is 1. The van der Waals surface area contributed by atoms with Gasteiger partial charge in [0.2, 0.25) is 5.91 Å². The fraction of sp³-hybridized carbons (Fsp3) is 0.412. The first-order valence-electron chi connectivity index (χ1n) is 7.94. The Labute approximate surface area is 161 Å². The maximum absolute atomic E-state index is 13.3. The number of alkyl halides is 3. The van der Waals surface area contributed by atoms with Gasteiger partial charge in [0.15, 0.2) is 6.73 Å². The number of hydrogen-bond donors (Lipinski definition) is 1. The van der Waals surface area contributed by atoms with Gasteiger partial charge >= 0.3 is 6.18 Å². The smallest absolute Gasteiger partial charge is 0.398 e. The molecule has 0 aromatic heterocycles. The molecule has 0 saturated carbocycles. The van der Waals surface area contributed by atoms with Crippen molar-refractivity contribution in [2.75, 3.05) is 17.8 Å². The van der Waals surface area contributed by atoms with Crippen molar-refractivity contribution in [1.82, 2.24) is 4.90 Å². The van der Waals surface area contributed by atoms with Crippen molar-refractivity contribution >= 4 is 29.3 Å². The van der Waals surface area contributed by atoms with Crippen LogP contribution in [0.4, 0.5) is 27.6 Å². The van der Waals surface area contributed by atoms with E-state index in [1.165, 1.54) is 20.8 Å². The number of carbonyl (C=O) groups is 2. The minimum atomic E-state index is -4.49. The molecule has 5 nitrogen and oxygen atoms in total. The Morgan fingerprint density at radius 3 is 2.32 bits per heavy atom. The Balaban J connectivity index is 2.19. The van der Waals surface area contributed by atoms with Crippen LogP contribution in [0.2, 0.25) is 0 Å². The number of halogens is 5. The summed E-state index contributed by atoms with van der Waals surface area (Å²) in [4.78, 5) is 25.9. The van der Waals surface area contributed by atoms with Crippen LogP contribution in [0.5, 0.6) is 0 Å². The van der Waals surface area contributed by atoms with Crippen LogP contribution < -0.4 is 5.32 Å². The van der Waals surface area contributed by atoms with E-state index in [9.17, 15) is 31.5 Å². The van der Waals surface area contributed by atoms with Crippen LogP contribution in [0.3, 0.4) is 0 Å². The van der Waals surface area contributed by atoms with Gasteiger partial charge in [0.1, 0.15) is 27.8 Å². The maximum Gasteiger partial charge on any atom is 0.398 e. The monoisotopic (exact) mass is 424 g/mol. The van der Waals surface area contributed by atoms with E-state index in [1.807, 2.05) is 0 Å². The molecule has 2 rings (SSSR count). The fourth-order valence-corrected chi connectivity index (χ4v) is 3.13. The standard InChI is InChI=1S/C17H17F5N2O3S/c1-9-13(28-7-17(20,21)22)14(25)24(8-27-9)16(2,3)15(26)23-12-5-10(18)4-11(19)6-12/h4-6H,7-8H2,1-3H3,(H,23,26). The summed E-state index contributed by atoms with van der Waals surface area (Å²) >= 11 is 0.268. The summed E-state index contributed by atoms with van der Waals surface area (Å²) in [5.41, 5.74) is -1.75. The van der Waals surface area contributed by atoms with Gasteiger partial charge in [-0.05, 0) is 32.9 Å². The molecule has 11 heteroatoms. The van der Waals surface area contributed by atoms with Gasteiger partial charge in [-0.2, -0.15) is 13.2 Å². The van der Waals surface area contributed by atoms with Crippen LogP contribution >= 0.6 is 11.8 Å². The first-order chi connectivity index (χ1) is 12.8. The second-order valence-electron chi connectivity index (χ2n) is 6.47. The topological polar surface area (TPSA) is 58.6 Å². The lowest BCUT2D eigenvalue weighted by atomic mass is 10.0.